The Kier molecular flexibility index (Phi) is 6.55. The van der Waals surface area contributed by atoms with Crippen molar-refractivity contribution in [2.45, 2.75) is 41.0 Å². The number of nitrogens with one attached hydrogen (secondary N) is 3. The van der Waals surface area contributed by atoms with E-state index in [1.165, 1.54) is 0 Å². The van der Waals surface area contributed by atoms with Crippen molar-refractivity contribution in [3.8, 4) is 0 Å². The number of carbonyl (C=O) groups is 3. The summed E-state index contributed by atoms with van der Waals surface area (Å²) in [5, 5.41) is 7.50. The van der Waals surface area contributed by atoms with Crippen LogP contribution in [0.3, 0.4) is 0 Å². The predicted octanol–water partition coefficient (Wildman–Crippen LogP) is 1.41. The van der Waals surface area contributed by atoms with Crippen molar-refractivity contribution >= 4 is 35.6 Å². The van der Waals surface area contributed by atoms with Crippen molar-refractivity contribution in [2.75, 3.05) is 16.0 Å². The van der Waals surface area contributed by atoms with Gasteiger partial charge in [-0.15, -0.1) is 0 Å². The fraction of sp³-hybridized carbons (Fsp3) is 0.571. The summed E-state index contributed by atoms with van der Waals surface area (Å²) >= 11 is 0. The van der Waals surface area contributed by atoms with Crippen LogP contribution < -0.4 is 16.0 Å². The number of hydrogen-bond acceptors (Lipinski definition) is 6. The summed E-state index contributed by atoms with van der Waals surface area (Å²) in [6.45, 7) is 8.56. The van der Waals surface area contributed by atoms with E-state index in [4.69, 9.17) is 0 Å². The molecule has 9 heteroatoms. The summed E-state index contributed by atoms with van der Waals surface area (Å²) in [7, 11) is 0. The number of nitrogens with zero attached hydrogens (tertiary/aromatic N) is 3. The van der Waals surface area contributed by atoms with E-state index >= 15 is 0 Å². The lowest BCUT2D eigenvalue weighted by atomic mass is 10.2. The summed E-state index contributed by atoms with van der Waals surface area (Å²) in [5.74, 6) is -1.52. The molecule has 0 bridgehead atoms. The van der Waals surface area contributed by atoms with Gasteiger partial charge in [0.1, 0.15) is 0 Å². The van der Waals surface area contributed by atoms with Crippen LogP contribution in [0, 0.1) is 11.8 Å². The SMILES string of the molecule is CCC(=O)Nc1nc(NC(=O)C(C)C)nc(NC(=O)C(C)C)n1. The lowest BCUT2D eigenvalue weighted by Crippen LogP contribution is -2.24. The minimum atomic E-state index is -0.293. The van der Waals surface area contributed by atoms with Gasteiger partial charge in [0.15, 0.2) is 0 Å². The first kappa shape index (κ1) is 18.5. The lowest BCUT2D eigenvalue weighted by Gasteiger charge is -2.11. The normalized spacial score (nSPS) is 10.6. The Balaban J connectivity index is 3.08. The first-order valence-electron chi connectivity index (χ1n) is 7.40. The highest BCUT2D eigenvalue weighted by molar-refractivity contribution is 5.93. The summed E-state index contributed by atoms with van der Waals surface area (Å²) in [4.78, 5) is 46.9. The Hall–Kier alpha value is -2.58. The molecule has 1 rings (SSSR count). The molecule has 0 atom stereocenters. The van der Waals surface area contributed by atoms with E-state index in [9.17, 15) is 14.4 Å². The van der Waals surface area contributed by atoms with Crippen LogP contribution >= 0.6 is 0 Å². The highest BCUT2D eigenvalue weighted by atomic mass is 16.2. The largest absolute Gasteiger partial charge is 0.294 e. The molecular formula is C14H22N6O3. The van der Waals surface area contributed by atoms with Crippen LogP contribution in [0.1, 0.15) is 41.0 Å². The number of rotatable bonds is 6. The zero-order valence-corrected chi connectivity index (χ0v) is 13.9. The van der Waals surface area contributed by atoms with E-state index in [1.54, 1.807) is 34.6 Å². The molecule has 0 fully saturated rings. The molecule has 23 heavy (non-hydrogen) atoms. The molecule has 126 valence electrons. The Bertz CT molecular complexity index is 560. The topological polar surface area (TPSA) is 126 Å². The maximum Gasteiger partial charge on any atom is 0.236 e. The van der Waals surface area contributed by atoms with Crippen LogP contribution in [0.2, 0.25) is 0 Å². The van der Waals surface area contributed by atoms with Gasteiger partial charge in [0, 0.05) is 18.3 Å². The number of aromatic nitrogens is 3. The van der Waals surface area contributed by atoms with Crippen LogP contribution in [0.25, 0.3) is 0 Å². The minimum Gasteiger partial charge on any atom is -0.294 e. The third kappa shape index (κ3) is 5.97. The Morgan fingerprint density at radius 1 is 0.783 bits per heavy atom. The molecule has 1 heterocycles. The second-order valence-electron chi connectivity index (χ2n) is 5.50. The smallest absolute Gasteiger partial charge is 0.236 e. The van der Waals surface area contributed by atoms with Gasteiger partial charge < -0.3 is 0 Å². The monoisotopic (exact) mass is 322 g/mol. The first-order valence-corrected chi connectivity index (χ1v) is 7.40. The highest BCUT2D eigenvalue weighted by Crippen LogP contribution is 2.12. The standard InChI is InChI=1S/C14H22N6O3/c1-6-9(21)15-12-18-13(16-10(22)7(2)3)20-14(19-12)17-11(23)8(4)5/h7-8H,6H2,1-5H3,(H3,15,16,17,18,19,20,21,22,23). The van der Waals surface area contributed by atoms with E-state index in [1.807, 2.05) is 0 Å². The van der Waals surface area contributed by atoms with Gasteiger partial charge in [-0.25, -0.2) is 0 Å². The third-order valence-electron chi connectivity index (χ3n) is 2.73. The van der Waals surface area contributed by atoms with Gasteiger partial charge in [-0.1, -0.05) is 34.6 Å². The van der Waals surface area contributed by atoms with Crippen molar-refractivity contribution in [2.24, 2.45) is 11.8 Å². The number of anilines is 3. The summed E-state index contributed by atoms with van der Waals surface area (Å²) < 4.78 is 0. The fourth-order valence-corrected chi connectivity index (χ4v) is 1.27. The zero-order chi connectivity index (χ0) is 17.6. The summed E-state index contributed by atoms with van der Waals surface area (Å²) in [5.41, 5.74) is 0. The molecule has 9 nitrogen and oxygen atoms in total. The minimum absolute atomic E-state index is 0.0371. The molecule has 0 aliphatic heterocycles. The molecule has 3 amide bonds. The maximum absolute atomic E-state index is 11.8. The van der Waals surface area contributed by atoms with Gasteiger partial charge >= 0.3 is 0 Å². The quantitative estimate of drug-likeness (QED) is 0.727. The van der Waals surface area contributed by atoms with Gasteiger partial charge in [0.05, 0.1) is 0 Å². The lowest BCUT2D eigenvalue weighted by molar-refractivity contribution is -0.119. The average molecular weight is 322 g/mol. The van der Waals surface area contributed by atoms with E-state index in [0.29, 0.717) is 0 Å². The number of carbonyl (C=O) groups excluding carboxylic acids is 3. The van der Waals surface area contributed by atoms with Gasteiger partial charge in [0.25, 0.3) is 0 Å². The van der Waals surface area contributed by atoms with E-state index in [2.05, 4.69) is 30.9 Å². The van der Waals surface area contributed by atoms with Crippen molar-refractivity contribution in [1.82, 2.24) is 15.0 Å². The van der Waals surface area contributed by atoms with Crippen LogP contribution in [0.15, 0.2) is 0 Å². The van der Waals surface area contributed by atoms with Crippen LogP contribution in [-0.2, 0) is 14.4 Å². The van der Waals surface area contributed by atoms with E-state index < -0.39 is 0 Å². The average Bonchev–Trinajstić information content (AvgIpc) is 2.46. The Labute approximate surface area is 134 Å². The molecule has 0 aromatic carbocycles. The van der Waals surface area contributed by atoms with Crippen molar-refractivity contribution in [3.63, 3.8) is 0 Å². The fourth-order valence-electron chi connectivity index (χ4n) is 1.27. The van der Waals surface area contributed by atoms with Gasteiger partial charge in [-0.05, 0) is 0 Å². The van der Waals surface area contributed by atoms with Crippen molar-refractivity contribution in [3.05, 3.63) is 0 Å². The highest BCUT2D eigenvalue weighted by Gasteiger charge is 2.15. The van der Waals surface area contributed by atoms with Gasteiger partial charge in [-0.2, -0.15) is 15.0 Å². The number of amides is 3. The van der Waals surface area contributed by atoms with Crippen LogP contribution in [-0.4, -0.2) is 32.7 Å². The Morgan fingerprint density at radius 3 is 1.43 bits per heavy atom. The molecule has 0 spiro atoms. The Morgan fingerprint density at radius 2 is 1.13 bits per heavy atom. The summed E-state index contributed by atoms with van der Waals surface area (Å²) in [6, 6.07) is 0. The molecule has 1 aromatic heterocycles. The second-order valence-corrected chi connectivity index (χ2v) is 5.50. The maximum atomic E-state index is 11.8. The zero-order valence-electron chi connectivity index (χ0n) is 13.9. The molecule has 0 saturated carbocycles. The summed E-state index contributed by atoms with van der Waals surface area (Å²) in [6.07, 6.45) is 0.243. The number of hydrogen-bond donors (Lipinski definition) is 3. The molecule has 0 aliphatic rings. The van der Waals surface area contributed by atoms with E-state index in [0.717, 1.165) is 0 Å². The molecule has 0 radical (unpaired) electrons. The molecule has 0 saturated heterocycles. The molecule has 0 unspecified atom stereocenters. The van der Waals surface area contributed by atoms with Crippen molar-refractivity contribution in [1.29, 1.82) is 0 Å². The van der Waals surface area contributed by atoms with Crippen molar-refractivity contribution < 1.29 is 14.4 Å². The molecule has 0 aliphatic carbocycles. The van der Waals surface area contributed by atoms with Crippen LogP contribution in [0.4, 0.5) is 17.8 Å². The predicted molar refractivity (Wildman–Crippen MR) is 85.7 cm³/mol. The molecular weight excluding hydrogens is 300 g/mol. The third-order valence-corrected chi connectivity index (χ3v) is 2.73. The second kappa shape index (κ2) is 8.16. The van der Waals surface area contributed by atoms with Crippen LogP contribution in [0.5, 0.6) is 0 Å². The van der Waals surface area contributed by atoms with Gasteiger partial charge in [0.2, 0.25) is 35.6 Å². The molecule has 1 aromatic rings. The first-order chi connectivity index (χ1) is 10.7. The van der Waals surface area contributed by atoms with E-state index in [-0.39, 0.29) is 53.8 Å². The molecule has 3 N–H and O–H groups in total. The van der Waals surface area contributed by atoms with Gasteiger partial charge in [-0.3, -0.25) is 30.3 Å².